The average Bonchev–Trinajstić information content (AvgIpc) is 2.77. The van der Waals surface area contributed by atoms with Gasteiger partial charge in [-0.05, 0) is 18.2 Å². The van der Waals surface area contributed by atoms with Crippen LogP contribution in [0.5, 0.6) is 0 Å². The Labute approximate surface area is 103 Å². The Hall–Kier alpha value is -1.95. The minimum atomic E-state index is -0.530. The van der Waals surface area contributed by atoms with Gasteiger partial charge in [-0.3, -0.25) is 4.79 Å². The number of hydrogen-bond acceptors (Lipinski definition) is 3. The SMILES string of the molecule is O=C1NC2COCC2C(=O)N1c1cccc(F)c1. The molecule has 2 saturated heterocycles. The van der Waals surface area contributed by atoms with Crippen molar-refractivity contribution in [2.24, 2.45) is 5.92 Å². The summed E-state index contributed by atoms with van der Waals surface area (Å²) in [6, 6.07) is 4.61. The fourth-order valence-corrected chi connectivity index (χ4v) is 2.29. The molecule has 2 fully saturated rings. The molecule has 18 heavy (non-hydrogen) atoms. The first-order chi connectivity index (χ1) is 8.66. The van der Waals surface area contributed by atoms with Crippen molar-refractivity contribution in [2.75, 3.05) is 18.1 Å². The molecule has 2 aliphatic heterocycles. The van der Waals surface area contributed by atoms with Crippen molar-refractivity contribution in [3.05, 3.63) is 30.1 Å². The summed E-state index contributed by atoms with van der Waals surface area (Å²) in [6.45, 7) is 0.634. The van der Waals surface area contributed by atoms with E-state index in [0.717, 1.165) is 11.0 Å². The molecule has 0 aliphatic carbocycles. The Morgan fingerprint density at radius 3 is 2.94 bits per heavy atom. The van der Waals surface area contributed by atoms with E-state index in [1.807, 2.05) is 0 Å². The van der Waals surface area contributed by atoms with Gasteiger partial charge in [0.2, 0.25) is 5.91 Å². The zero-order chi connectivity index (χ0) is 12.7. The minimum Gasteiger partial charge on any atom is -0.378 e. The molecule has 0 saturated carbocycles. The van der Waals surface area contributed by atoms with E-state index >= 15 is 0 Å². The van der Waals surface area contributed by atoms with Gasteiger partial charge in [0, 0.05) is 0 Å². The molecular formula is C12H11FN2O3. The predicted octanol–water partition coefficient (Wildman–Crippen LogP) is 0.897. The predicted molar refractivity (Wildman–Crippen MR) is 60.5 cm³/mol. The molecule has 0 spiro atoms. The number of rotatable bonds is 1. The van der Waals surface area contributed by atoms with E-state index < -0.39 is 11.8 Å². The fraction of sp³-hybridized carbons (Fsp3) is 0.333. The first-order valence-corrected chi connectivity index (χ1v) is 5.64. The topological polar surface area (TPSA) is 58.6 Å². The summed E-state index contributed by atoms with van der Waals surface area (Å²) >= 11 is 0. The van der Waals surface area contributed by atoms with Crippen molar-refractivity contribution in [1.29, 1.82) is 0 Å². The number of carbonyl (C=O) groups is 2. The molecule has 0 aromatic heterocycles. The minimum absolute atomic E-state index is 0.239. The maximum atomic E-state index is 13.1. The van der Waals surface area contributed by atoms with Crippen molar-refractivity contribution in [3.8, 4) is 0 Å². The molecule has 3 rings (SSSR count). The Morgan fingerprint density at radius 1 is 1.33 bits per heavy atom. The highest BCUT2D eigenvalue weighted by Gasteiger charge is 2.44. The molecule has 2 aliphatic rings. The number of urea groups is 1. The van der Waals surface area contributed by atoms with Crippen LogP contribution in [0.3, 0.4) is 0 Å². The normalized spacial score (nSPS) is 27.1. The summed E-state index contributed by atoms with van der Waals surface area (Å²) in [5.74, 6) is -1.21. The molecule has 2 heterocycles. The molecule has 0 radical (unpaired) electrons. The second-order valence-electron chi connectivity index (χ2n) is 4.35. The van der Waals surface area contributed by atoms with Gasteiger partial charge in [-0.1, -0.05) is 6.07 Å². The van der Waals surface area contributed by atoms with Crippen LogP contribution in [-0.4, -0.2) is 31.2 Å². The number of nitrogens with one attached hydrogen (secondary N) is 1. The van der Waals surface area contributed by atoms with Crippen LogP contribution in [0.25, 0.3) is 0 Å². The summed E-state index contributed by atoms with van der Waals surface area (Å²) in [6.07, 6.45) is 0. The quantitative estimate of drug-likeness (QED) is 0.805. The molecule has 6 heteroatoms. The third-order valence-electron chi connectivity index (χ3n) is 3.20. The molecule has 1 N–H and O–H groups in total. The van der Waals surface area contributed by atoms with Gasteiger partial charge in [0.15, 0.2) is 0 Å². The number of fused-ring (bicyclic) bond motifs is 1. The van der Waals surface area contributed by atoms with Crippen LogP contribution >= 0.6 is 0 Å². The zero-order valence-corrected chi connectivity index (χ0v) is 9.43. The number of halogens is 1. The Bertz CT molecular complexity index is 520. The Balaban J connectivity index is 1.96. The summed E-state index contributed by atoms with van der Waals surface area (Å²) in [5, 5.41) is 2.70. The van der Waals surface area contributed by atoms with Gasteiger partial charge < -0.3 is 10.1 Å². The van der Waals surface area contributed by atoms with Crippen LogP contribution in [0.2, 0.25) is 0 Å². The van der Waals surface area contributed by atoms with Crippen LogP contribution in [0.4, 0.5) is 14.9 Å². The Kier molecular flexibility index (Phi) is 2.52. The molecule has 3 amide bonds. The van der Waals surface area contributed by atoms with Crippen LogP contribution in [0.1, 0.15) is 0 Å². The molecule has 1 aromatic rings. The monoisotopic (exact) mass is 250 g/mol. The van der Waals surface area contributed by atoms with Crippen molar-refractivity contribution >= 4 is 17.6 Å². The van der Waals surface area contributed by atoms with Crippen molar-refractivity contribution in [3.63, 3.8) is 0 Å². The molecule has 94 valence electrons. The maximum Gasteiger partial charge on any atom is 0.329 e. The molecule has 2 unspecified atom stereocenters. The highest BCUT2D eigenvalue weighted by Crippen LogP contribution is 2.26. The van der Waals surface area contributed by atoms with E-state index in [-0.39, 0.29) is 30.2 Å². The van der Waals surface area contributed by atoms with E-state index in [9.17, 15) is 14.0 Å². The number of nitrogens with zero attached hydrogens (tertiary/aromatic N) is 1. The van der Waals surface area contributed by atoms with Gasteiger partial charge in [-0.2, -0.15) is 0 Å². The van der Waals surface area contributed by atoms with E-state index in [0.29, 0.717) is 6.61 Å². The second-order valence-corrected chi connectivity index (χ2v) is 4.35. The van der Waals surface area contributed by atoms with Gasteiger partial charge in [-0.15, -0.1) is 0 Å². The van der Waals surface area contributed by atoms with E-state index in [4.69, 9.17) is 4.74 Å². The van der Waals surface area contributed by atoms with Crippen molar-refractivity contribution in [1.82, 2.24) is 5.32 Å². The summed E-state index contributed by atoms with van der Waals surface area (Å²) in [7, 11) is 0. The van der Waals surface area contributed by atoms with E-state index in [1.165, 1.54) is 18.2 Å². The number of imide groups is 1. The zero-order valence-electron chi connectivity index (χ0n) is 9.43. The lowest BCUT2D eigenvalue weighted by atomic mass is 9.99. The van der Waals surface area contributed by atoms with Crippen LogP contribution in [0, 0.1) is 11.7 Å². The number of benzene rings is 1. The molecule has 1 aromatic carbocycles. The van der Waals surface area contributed by atoms with E-state index in [2.05, 4.69) is 5.32 Å². The lowest BCUT2D eigenvalue weighted by Gasteiger charge is -2.32. The van der Waals surface area contributed by atoms with Crippen molar-refractivity contribution < 1.29 is 18.7 Å². The van der Waals surface area contributed by atoms with Crippen LogP contribution < -0.4 is 10.2 Å². The summed E-state index contributed by atoms with van der Waals surface area (Å²) < 4.78 is 18.3. The number of hydrogen-bond donors (Lipinski definition) is 1. The first-order valence-electron chi connectivity index (χ1n) is 5.64. The van der Waals surface area contributed by atoms with Gasteiger partial charge >= 0.3 is 6.03 Å². The number of amides is 3. The van der Waals surface area contributed by atoms with Crippen LogP contribution in [0.15, 0.2) is 24.3 Å². The maximum absolute atomic E-state index is 13.1. The van der Waals surface area contributed by atoms with Crippen LogP contribution in [-0.2, 0) is 9.53 Å². The van der Waals surface area contributed by atoms with Crippen molar-refractivity contribution in [2.45, 2.75) is 6.04 Å². The molecular weight excluding hydrogens is 239 g/mol. The number of carbonyl (C=O) groups excluding carboxylic acids is 2. The van der Waals surface area contributed by atoms with Gasteiger partial charge in [0.1, 0.15) is 5.82 Å². The largest absolute Gasteiger partial charge is 0.378 e. The molecule has 5 nitrogen and oxygen atoms in total. The third-order valence-corrected chi connectivity index (χ3v) is 3.20. The standard InChI is InChI=1S/C12H11FN2O3/c13-7-2-1-3-8(4-7)15-11(16)9-5-18-6-10(9)14-12(15)17/h1-4,9-10H,5-6H2,(H,14,17). The highest BCUT2D eigenvalue weighted by atomic mass is 19.1. The summed E-state index contributed by atoms with van der Waals surface area (Å²) in [5.41, 5.74) is 0.239. The van der Waals surface area contributed by atoms with Gasteiger partial charge in [0.25, 0.3) is 0 Å². The smallest absolute Gasteiger partial charge is 0.329 e. The summed E-state index contributed by atoms with van der Waals surface area (Å²) in [4.78, 5) is 25.0. The first kappa shape index (κ1) is 11.2. The molecule has 2 atom stereocenters. The third kappa shape index (κ3) is 1.65. The van der Waals surface area contributed by atoms with E-state index in [1.54, 1.807) is 0 Å². The lowest BCUT2D eigenvalue weighted by molar-refractivity contribution is -0.122. The van der Waals surface area contributed by atoms with Gasteiger partial charge in [-0.25, -0.2) is 14.1 Å². The molecule has 0 bridgehead atoms. The number of ether oxygens (including phenoxy) is 1. The lowest BCUT2D eigenvalue weighted by Crippen LogP contribution is -2.60. The fourth-order valence-electron chi connectivity index (χ4n) is 2.29. The average molecular weight is 250 g/mol. The van der Waals surface area contributed by atoms with Gasteiger partial charge in [0.05, 0.1) is 30.9 Å². The Morgan fingerprint density at radius 2 is 2.17 bits per heavy atom. The number of anilines is 1. The second kappa shape index (κ2) is 4.06. The highest BCUT2D eigenvalue weighted by molar-refractivity contribution is 6.17.